The Balaban J connectivity index is 1.48. The van der Waals surface area contributed by atoms with Crippen LogP contribution in [0.3, 0.4) is 0 Å². The molecule has 2 heterocycles. The van der Waals surface area contributed by atoms with Gasteiger partial charge in [0, 0.05) is 25.2 Å². The molecule has 1 N–H and O–H groups in total. The molecule has 5 heteroatoms. The summed E-state index contributed by atoms with van der Waals surface area (Å²) in [5.41, 5.74) is 0. The van der Waals surface area contributed by atoms with E-state index in [-0.39, 0.29) is 5.91 Å². The monoisotopic (exact) mass is 304 g/mol. The first-order chi connectivity index (χ1) is 10.8. The summed E-state index contributed by atoms with van der Waals surface area (Å²) in [6.45, 7) is 2.09. The number of carbonyl (C=O) groups excluding carboxylic acids is 1. The minimum atomic E-state index is 0.184. The molecule has 2 bridgehead atoms. The molecule has 0 aromatic heterocycles. The maximum absolute atomic E-state index is 12.4. The van der Waals surface area contributed by atoms with Crippen molar-refractivity contribution >= 4 is 5.91 Å². The van der Waals surface area contributed by atoms with Crippen molar-refractivity contribution in [1.82, 2.24) is 10.2 Å². The van der Waals surface area contributed by atoms with Gasteiger partial charge in [0.05, 0.1) is 20.1 Å². The largest absolute Gasteiger partial charge is 0.493 e. The third-order valence-electron chi connectivity index (χ3n) is 4.52. The van der Waals surface area contributed by atoms with E-state index in [1.165, 1.54) is 12.8 Å². The van der Waals surface area contributed by atoms with Crippen LogP contribution in [-0.2, 0) is 4.79 Å². The second kappa shape index (κ2) is 7.01. The maximum Gasteiger partial charge on any atom is 0.226 e. The number of nitrogens with one attached hydrogen (secondary N) is 1. The van der Waals surface area contributed by atoms with Crippen LogP contribution < -0.4 is 14.8 Å². The van der Waals surface area contributed by atoms with Gasteiger partial charge in [-0.1, -0.05) is 12.1 Å². The molecule has 0 radical (unpaired) electrons. The molecule has 0 aliphatic carbocycles. The molecule has 22 heavy (non-hydrogen) atoms. The van der Waals surface area contributed by atoms with Crippen LogP contribution in [0.1, 0.15) is 25.7 Å². The van der Waals surface area contributed by atoms with Crippen LogP contribution in [0, 0.1) is 0 Å². The van der Waals surface area contributed by atoms with Gasteiger partial charge in [0.2, 0.25) is 5.91 Å². The summed E-state index contributed by atoms with van der Waals surface area (Å²) in [5.74, 6) is 1.57. The lowest BCUT2D eigenvalue weighted by molar-refractivity contribution is -0.132. The molecule has 2 saturated heterocycles. The molecular weight excluding hydrogens is 280 g/mol. The number of ether oxygens (including phenoxy) is 2. The van der Waals surface area contributed by atoms with E-state index in [0.29, 0.717) is 36.6 Å². The molecule has 2 aliphatic heterocycles. The van der Waals surface area contributed by atoms with Crippen LogP contribution in [0.5, 0.6) is 11.5 Å². The fourth-order valence-electron chi connectivity index (χ4n) is 3.31. The Bertz CT molecular complexity index is 520. The highest BCUT2D eigenvalue weighted by atomic mass is 16.5. The van der Waals surface area contributed by atoms with Gasteiger partial charge < -0.3 is 19.7 Å². The van der Waals surface area contributed by atoms with Crippen LogP contribution in [0.25, 0.3) is 0 Å². The van der Waals surface area contributed by atoms with E-state index in [4.69, 9.17) is 9.47 Å². The predicted molar refractivity (Wildman–Crippen MR) is 84.2 cm³/mol. The van der Waals surface area contributed by atoms with Gasteiger partial charge in [-0.2, -0.15) is 0 Å². The molecule has 120 valence electrons. The Hall–Kier alpha value is -1.75. The maximum atomic E-state index is 12.4. The molecule has 2 aliphatic rings. The number of para-hydroxylation sites is 2. The summed E-state index contributed by atoms with van der Waals surface area (Å²) in [7, 11) is 1.62. The lowest BCUT2D eigenvalue weighted by Gasteiger charge is -2.24. The lowest BCUT2D eigenvalue weighted by atomic mass is 10.1. The Morgan fingerprint density at radius 1 is 1.23 bits per heavy atom. The quantitative estimate of drug-likeness (QED) is 0.901. The van der Waals surface area contributed by atoms with E-state index in [1.807, 2.05) is 29.2 Å². The summed E-state index contributed by atoms with van der Waals surface area (Å²) >= 11 is 0. The standard InChI is InChI=1S/C17H24N2O3/c1-21-15-4-2-3-5-16(15)22-11-9-17(20)19-10-8-13-6-7-14(12-19)18-13/h2-5,13-14,18H,6-12H2,1H3. The Morgan fingerprint density at radius 3 is 2.82 bits per heavy atom. The molecule has 5 nitrogen and oxygen atoms in total. The zero-order valence-electron chi connectivity index (χ0n) is 13.1. The van der Waals surface area contributed by atoms with Gasteiger partial charge in [-0.15, -0.1) is 0 Å². The van der Waals surface area contributed by atoms with Gasteiger partial charge in [-0.25, -0.2) is 0 Å². The van der Waals surface area contributed by atoms with Crippen molar-refractivity contribution in [3.63, 3.8) is 0 Å². The molecule has 1 amide bonds. The van der Waals surface area contributed by atoms with Crippen molar-refractivity contribution in [3.05, 3.63) is 24.3 Å². The smallest absolute Gasteiger partial charge is 0.226 e. The van der Waals surface area contributed by atoms with E-state index in [2.05, 4.69) is 5.32 Å². The minimum Gasteiger partial charge on any atom is -0.493 e. The van der Waals surface area contributed by atoms with E-state index in [0.717, 1.165) is 19.5 Å². The summed E-state index contributed by atoms with van der Waals surface area (Å²) < 4.78 is 10.9. The number of methoxy groups -OCH3 is 1. The first kappa shape index (κ1) is 15.2. The fourth-order valence-corrected chi connectivity index (χ4v) is 3.31. The Kier molecular flexibility index (Phi) is 4.83. The second-order valence-corrected chi connectivity index (χ2v) is 6.02. The van der Waals surface area contributed by atoms with Crippen molar-refractivity contribution in [1.29, 1.82) is 0 Å². The highest BCUT2D eigenvalue weighted by Gasteiger charge is 2.30. The number of fused-ring (bicyclic) bond motifs is 2. The van der Waals surface area contributed by atoms with Gasteiger partial charge in [-0.05, 0) is 31.4 Å². The summed E-state index contributed by atoms with van der Waals surface area (Å²) in [5, 5.41) is 3.59. The van der Waals surface area contributed by atoms with Crippen molar-refractivity contribution in [2.75, 3.05) is 26.8 Å². The number of benzene rings is 1. The number of likely N-dealkylation sites (tertiary alicyclic amines) is 1. The van der Waals surface area contributed by atoms with Gasteiger partial charge in [-0.3, -0.25) is 4.79 Å². The molecule has 0 spiro atoms. The van der Waals surface area contributed by atoms with Crippen molar-refractivity contribution < 1.29 is 14.3 Å². The molecule has 1 aromatic rings. The van der Waals surface area contributed by atoms with Crippen LogP contribution in [0.2, 0.25) is 0 Å². The van der Waals surface area contributed by atoms with Gasteiger partial charge in [0.15, 0.2) is 11.5 Å². The third kappa shape index (κ3) is 3.53. The Labute approximate surface area is 131 Å². The number of amides is 1. The van der Waals surface area contributed by atoms with Crippen molar-refractivity contribution in [2.45, 2.75) is 37.8 Å². The second-order valence-electron chi connectivity index (χ2n) is 6.02. The molecule has 2 fully saturated rings. The summed E-state index contributed by atoms with van der Waals surface area (Å²) in [6.07, 6.45) is 3.92. The number of nitrogens with zero attached hydrogens (tertiary/aromatic N) is 1. The number of hydrogen-bond acceptors (Lipinski definition) is 4. The van der Waals surface area contributed by atoms with Gasteiger partial charge >= 0.3 is 0 Å². The fraction of sp³-hybridized carbons (Fsp3) is 0.588. The molecule has 0 saturated carbocycles. The summed E-state index contributed by atoms with van der Waals surface area (Å²) in [4.78, 5) is 14.3. The van der Waals surface area contributed by atoms with Gasteiger partial charge in [0.25, 0.3) is 0 Å². The van der Waals surface area contributed by atoms with Crippen LogP contribution >= 0.6 is 0 Å². The number of rotatable bonds is 5. The van der Waals surface area contributed by atoms with Crippen molar-refractivity contribution in [3.8, 4) is 11.5 Å². The number of carbonyl (C=O) groups is 1. The minimum absolute atomic E-state index is 0.184. The molecule has 2 atom stereocenters. The summed E-state index contributed by atoms with van der Waals surface area (Å²) in [6, 6.07) is 8.60. The SMILES string of the molecule is COc1ccccc1OCCC(=O)N1CCC2CCC(C1)N2. The highest BCUT2D eigenvalue weighted by molar-refractivity contribution is 5.76. The average molecular weight is 304 g/mol. The normalized spacial score (nSPS) is 24.0. The van der Waals surface area contributed by atoms with E-state index in [1.54, 1.807) is 7.11 Å². The van der Waals surface area contributed by atoms with Crippen molar-refractivity contribution in [2.24, 2.45) is 0 Å². The van der Waals surface area contributed by atoms with E-state index in [9.17, 15) is 4.79 Å². The average Bonchev–Trinajstić information content (AvgIpc) is 2.86. The van der Waals surface area contributed by atoms with Crippen LogP contribution in [-0.4, -0.2) is 49.7 Å². The zero-order valence-corrected chi connectivity index (χ0v) is 13.1. The van der Waals surface area contributed by atoms with E-state index < -0.39 is 0 Å². The third-order valence-corrected chi connectivity index (χ3v) is 4.52. The molecule has 3 rings (SSSR count). The molecule has 2 unspecified atom stereocenters. The van der Waals surface area contributed by atoms with E-state index >= 15 is 0 Å². The molecule has 1 aromatic carbocycles. The van der Waals surface area contributed by atoms with Crippen LogP contribution in [0.15, 0.2) is 24.3 Å². The Morgan fingerprint density at radius 2 is 2.00 bits per heavy atom. The van der Waals surface area contributed by atoms with Gasteiger partial charge in [0.1, 0.15) is 0 Å². The zero-order chi connectivity index (χ0) is 15.4. The first-order valence-corrected chi connectivity index (χ1v) is 8.06. The predicted octanol–water partition coefficient (Wildman–Crippen LogP) is 1.82. The lowest BCUT2D eigenvalue weighted by Crippen LogP contribution is -2.39. The first-order valence-electron chi connectivity index (χ1n) is 8.06. The highest BCUT2D eigenvalue weighted by Crippen LogP contribution is 2.26. The van der Waals surface area contributed by atoms with Crippen LogP contribution in [0.4, 0.5) is 0 Å². The topological polar surface area (TPSA) is 50.8 Å². The number of hydrogen-bond donors (Lipinski definition) is 1. The molecular formula is C17H24N2O3.